The monoisotopic (exact) mass is 377 g/mol. The van der Waals surface area contributed by atoms with E-state index >= 15 is 0 Å². The van der Waals surface area contributed by atoms with Gasteiger partial charge in [0.05, 0.1) is 25.6 Å². The Labute approximate surface area is 164 Å². The van der Waals surface area contributed by atoms with E-state index in [2.05, 4.69) is 0 Å². The van der Waals surface area contributed by atoms with E-state index in [1.54, 1.807) is 36.3 Å². The summed E-state index contributed by atoms with van der Waals surface area (Å²) in [6, 6.07) is 13.3. The second-order valence-electron chi connectivity index (χ2n) is 7.50. The van der Waals surface area contributed by atoms with Crippen LogP contribution in [0.2, 0.25) is 0 Å². The van der Waals surface area contributed by atoms with Crippen molar-refractivity contribution >= 4 is 17.8 Å². The summed E-state index contributed by atoms with van der Waals surface area (Å²) in [4.78, 5) is 27.0. The number of hydrogen-bond acceptors (Lipinski definition) is 4. The summed E-state index contributed by atoms with van der Waals surface area (Å²) in [7, 11) is 1.57. The number of amides is 1. The molecule has 5 nitrogen and oxygen atoms in total. The Hall–Kier alpha value is -3.08. The van der Waals surface area contributed by atoms with Crippen LogP contribution in [0.1, 0.15) is 34.3 Å². The Kier molecular flexibility index (Phi) is 4.67. The van der Waals surface area contributed by atoms with E-state index in [1.165, 1.54) is 5.56 Å². The van der Waals surface area contributed by atoms with Crippen molar-refractivity contribution in [3.8, 4) is 11.5 Å². The number of rotatable bonds is 3. The number of fused-ring (bicyclic) bond motifs is 1. The van der Waals surface area contributed by atoms with Crippen LogP contribution in [0, 0.1) is 6.92 Å². The van der Waals surface area contributed by atoms with Gasteiger partial charge in [0.15, 0.2) is 5.78 Å². The molecule has 0 N–H and O–H groups in total. The third-order valence-electron chi connectivity index (χ3n) is 5.42. The van der Waals surface area contributed by atoms with Crippen LogP contribution in [0.3, 0.4) is 0 Å². The number of hydrogen-bond donors (Lipinski definition) is 0. The molecule has 1 spiro atoms. The predicted octanol–water partition coefficient (Wildman–Crippen LogP) is 3.65. The number of nitrogens with zero attached hydrogens (tertiary/aromatic N) is 1. The Morgan fingerprint density at radius 3 is 2.75 bits per heavy atom. The van der Waals surface area contributed by atoms with Gasteiger partial charge in [-0.15, -0.1) is 0 Å². The number of ether oxygens (including phenoxy) is 2. The summed E-state index contributed by atoms with van der Waals surface area (Å²) in [6.07, 6.45) is 4.33. The van der Waals surface area contributed by atoms with Gasteiger partial charge in [-0.25, -0.2) is 0 Å². The molecule has 5 heteroatoms. The molecule has 4 rings (SSSR count). The molecule has 0 bridgehead atoms. The van der Waals surface area contributed by atoms with E-state index in [1.807, 2.05) is 37.3 Å². The first-order valence-electron chi connectivity index (χ1n) is 9.42. The molecule has 2 aromatic carbocycles. The lowest BCUT2D eigenvalue weighted by Gasteiger charge is -2.34. The minimum atomic E-state index is -0.633. The molecule has 1 amide bonds. The van der Waals surface area contributed by atoms with Crippen molar-refractivity contribution in [3.63, 3.8) is 0 Å². The molecule has 1 fully saturated rings. The summed E-state index contributed by atoms with van der Waals surface area (Å²) >= 11 is 0. The minimum absolute atomic E-state index is 0.0321. The molecule has 2 aromatic rings. The lowest BCUT2D eigenvalue weighted by Crippen LogP contribution is -2.45. The minimum Gasteiger partial charge on any atom is -0.497 e. The highest BCUT2D eigenvalue weighted by Crippen LogP contribution is 2.40. The van der Waals surface area contributed by atoms with Crippen LogP contribution in [0.15, 0.2) is 48.5 Å². The highest BCUT2D eigenvalue weighted by molar-refractivity contribution is 6.01. The maximum absolute atomic E-state index is 12.7. The van der Waals surface area contributed by atoms with Crippen molar-refractivity contribution in [3.05, 3.63) is 65.2 Å². The first-order chi connectivity index (χ1) is 13.5. The number of methoxy groups -OCH3 is 1. The van der Waals surface area contributed by atoms with Crippen molar-refractivity contribution in [1.82, 2.24) is 4.90 Å². The molecule has 2 aliphatic rings. The van der Waals surface area contributed by atoms with Crippen LogP contribution in [-0.4, -0.2) is 42.4 Å². The van der Waals surface area contributed by atoms with Crippen LogP contribution in [0.5, 0.6) is 11.5 Å². The highest BCUT2D eigenvalue weighted by Gasteiger charge is 2.46. The van der Waals surface area contributed by atoms with Gasteiger partial charge in [0, 0.05) is 19.0 Å². The lowest BCUT2D eigenvalue weighted by atomic mass is 9.89. The fourth-order valence-corrected chi connectivity index (χ4v) is 3.81. The SMILES string of the molecule is COc1ccc2c(c1)C(=O)CC1(CCN(C(=O)/C=C/c3ccc(C)cc3)C1)O2. The molecule has 0 aliphatic carbocycles. The van der Waals surface area contributed by atoms with Gasteiger partial charge in [-0.1, -0.05) is 29.8 Å². The number of benzene rings is 2. The van der Waals surface area contributed by atoms with Crippen molar-refractivity contribution < 1.29 is 19.1 Å². The lowest BCUT2D eigenvalue weighted by molar-refractivity contribution is -0.125. The van der Waals surface area contributed by atoms with Crippen LogP contribution in [-0.2, 0) is 4.79 Å². The van der Waals surface area contributed by atoms with Gasteiger partial charge in [-0.05, 0) is 36.8 Å². The molecule has 0 saturated carbocycles. The molecular formula is C23H23NO4. The van der Waals surface area contributed by atoms with Crippen molar-refractivity contribution in [2.24, 2.45) is 0 Å². The highest BCUT2D eigenvalue weighted by atomic mass is 16.5. The van der Waals surface area contributed by atoms with Gasteiger partial charge in [0.1, 0.15) is 17.1 Å². The summed E-state index contributed by atoms with van der Waals surface area (Å²) in [5.74, 6) is 1.18. The zero-order valence-corrected chi connectivity index (χ0v) is 16.1. The van der Waals surface area contributed by atoms with E-state index in [4.69, 9.17) is 9.47 Å². The molecule has 28 heavy (non-hydrogen) atoms. The second kappa shape index (κ2) is 7.15. The zero-order valence-electron chi connectivity index (χ0n) is 16.1. The average molecular weight is 377 g/mol. The largest absolute Gasteiger partial charge is 0.497 e. The third kappa shape index (κ3) is 3.52. The standard InChI is InChI=1S/C23H23NO4/c1-16-3-5-17(6-4-16)7-10-22(26)24-12-11-23(15-24)14-20(25)19-13-18(27-2)8-9-21(19)28-23/h3-10,13H,11-12,14-15H2,1-2H3/b10-7+. The van der Waals surface area contributed by atoms with Gasteiger partial charge >= 0.3 is 0 Å². The molecule has 0 radical (unpaired) electrons. The van der Waals surface area contributed by atoms with Crippen molar-refractivity contribution in [2.45, 2.75) is 25.4 Å². The van der Waals surface area contributed by atoms with Crippen LogP contribution >= 0.6 is 0 Å². The normalized spacial score (nSPS) is 21.1. The number of aryl methyl sites for hydroxylation is 1. The fourth-order valence-electron chi connectivity index (χ4n) is 3.81. The molecule has 0 aromatic heterocycles. The number of Topliss-reactive ketones (excluding diaryl/α,β-unsaturated/α-hetero) is 1. The zero-order chi connectivity index (χ0) is 19.7. The summed E-state index contributed by atoms with van der Waals surface area (Å²) in [5, 5.41) is 0. The third-order valence-corrected chi connectivity index (χ3v) is 5.42. The number of likely N-dealkylation sites (tertiary alicyclic amines) is 1. The van der Waals surface area contributed by atoms with Gasteiger partial charge in [0.25, 0.3) is 0 Å². The molecule has 2 heterocycles. The van der Waals surface area contributed by atoms with Gasteiger partial charge in [0.2, 0.25) is 5.91 Å². The maximum Gasteiger partial charge on any atom is 0.246 e. The predicted molar refractivity (Wildman–Crippen MR) is 107 cm³/mol. The Morgan fingerprint density at radius 2 is 2.00 bits per heavy atom. The Bertz CT molecular complexity index is 948. The fraction of sp³-hybridized carbons (Fsp3) is 0.304. The topological polar surface area (TPSA) is 55.8 Å². The average Bonchev–Trinajstić information content (AvgIpc) is 3.10. The molecule has 144 valence electrons. The van der Waals surface area contributed by atoms with Crippen molar-refractivity contribution in [1.29, 1.82) is 0 Å². The maximum atomic E-state index is 12.7. The number of carbonyl (C=O) groups is 2. The summed E-state index contributed by atoms with van der Waals surface area (Å²) < 4.78 is 11.4. The van der Waals surface area contributed by atoms with Gasteiger partial charge < -0.3 is 14.4 Å². The quantitative estimate of drug-likeness (QED) is 0.766. The van der Waals surface area contributed by atoms with E-state index < -0.39 is 5.60 Å². The van der Waals surface area contributed by atoms with Crippen molar-refractivity contribution in [2.75, 3.05) is 20.2 Å². The van der Waals surface area contributed by atoms with Crippen LogP contribution in [0.25, 0.3) is 6.08 Å². The van der Waals surface area contributed by atoms with Crippen LogP contribution in [0.4, 0.5) is 0 Å². The summed E-state index contributed by atoms with van der Waals surface area (Å²) in [5.41, 5.74) is 2.09. The summed E-state index contributed by atoms with van der Waals surface area (Å²) in [6.45, 7) is 3.03. The van der Waals surface area contributed by atoms with Crippen LogP contribution < -0.4 is 9.47 Å². The van der Waals surface area contributed by atoms with E-state index in [-0.39, 0.29) is 18.1 Å². The molecule has 1 saturated heterocycles. The molecule has 1 unspecified atom stereocenters. The number of ketones is 1. The first kappa shape index (κ1) is 18.3. The molecule has 1 atom stereocenters. The van der Waals surface area contributed by atoms with Gasteiger partial charge in [-0.3, -0.25) is 9.59 Å². The van der Waals surface area contributed by atoms with E-state index in [0.717, 1.165) is 5.56 Å². The molecular weight excluding hydrogens is 354 g/mol. The molecule has 2 aliphatic heterocycles. The first-order valence-corrected chi connectivity index (χ1v) is 9.42. The van der Waals surface area contributed by atoms with E-state index in [9.17, 15) is 9.59 Å². The van der Waals surface area contributed by atoms with Gasteiger partial charge in [-0.2, -0.15) is 0 Å². The number of carbonyl (C=O) groups excluding carboxylic acids is 2. The smallest absolute Gasteiger partial charge is 0.246 e. The van der Waals surface area contributed by atoms with E-state index in [0.29, 0.717) is 36.6 Å². The Morgan fingerprint density at radius 1 is 1.21 bits per heavy atom. The second-order valence-corrected chi connectivity index (χ2v) is 7.50. The Balaban J connectivity index is 1.46.